The number of ether oxygens (including phenoxy) is 1. The lowest BCUT2D eigenvalue weighted by atomic mass is 9.73. The molecular weight excluding hydrogens is 352 g/mol. The van der Waals surface area contributed by atoms with Crippen LogP contribution in [0.25, 0.3) is 0 Å². The number of carbonyl (C=O) groups is 2. The van der Waals surface area contributed by atoms with Gasteiger partial charge in [0, 0.05) is 32.8 Å². The zero-order valence-electron chi connectivity index (χ0n) is 17.0. The largest absolute Gasteiger partial charge is 0.377 e. The molecule has 5 nitrogen and oxygen atoms in total. The standard InChI is InChI=1S/C23H28N2O3/c1-22(2,28-4)16-24-20(26)15-23(14-17-10-6-5-7-11-17)18-12-8-9-13-19(18)25(3)21(23)27/h5-13H,14-16H2,1-4H3,(H,24,26)/t23-/m1/s1. The first kappa shape index (κ1) is 20.1. The lowest BCUT2D eigenvalue weighted by Crippen LogP contribution is -2.46. The van der Waals surface area contributed by atoms with E-state index in [1.54, 1.807) is 19.1 Å². The van der Waals surface area contributed by atoms with E-state index in [-0.39, 0.29) is 18.2 Å². The van der Waals surface area contributed by atoms with Gasteiger partial charge in [0.15, 0.2) is 0 Å². The summed E-state index contributed by atoms with van der Waals surface area (Å²) in [6.45, 7) is 4.21. The first-order valence-electron chi connectivity index (χ1n) is 9.52. The average Bonchev–Trinajstić information content (AvgIpc) is 2.90. The molecule has 1 aliphatic rings. The lowest BCUT2D eigenvalue weighted by molar-refractivity contribution is -0.130. The maximum Gasteiger partial charge on any atom is 0.238 e. The van der Waals surface area contributed by atoms with Crippen LogP contribution in [0.2, 0.25) is 0 Å². The molecule has 1 heterocycles. The molecule has 148 valence electrons. The van der Waals surface area contributed by atoms with Crippen molar-refractivity contribution in [2.24, 2.45) is 0 Å². The molecule has 3 rings (SSSR count). The Kier molecular flexibility index (Phi) is 5.57. The van der Waals surface area contributed by atoms with E-state index in [9.17, 15) is 9.59 Å². The van der Waals surface area contributed by atoms with Crippen LogP contribution in [0.1, 0.15) is 31.4 Å². The molecular formula is C23H28N2O3. The van der Waals surface area contributed by atoms with Crippen molar-refractivity contribution >= 4 is 17.5 Å². The van der Waals surface area contributed by atoms with Crippen molar-refractivity contribution in [1.82, 2.24) is 5.32 Å². The Bertz CT molecular complexity index is 863. The van der Waals surface area contributed by atoms with Gasteiger partial charge in [-0.2, -0.15) is 0 Å². The summed E-state index contributed by atoms with van der Waals surface area (Å²) in [5.41, 5.74) is 1.44. The molecule has 2 amide bonds. The van der Waals surface area contributed by atoms with Crippen LogP contribution >= 0.6 is 0 Å². The SMILES string of the molecule is COC(C)(C)CNC(=O)C[C@@]1(Cc2ccccc2)C(=O)N(C)c2ccccc21. The van der Waals surface area contributed by atoms with E-state index in [1.165, 1.54) is 0 Å². The van der Waals surface area contributed by atoms with Gasteiger partial charge in [0.05, 0.1) is 11.0 Å². The fraction of sp³-hybridized carbons (Fsp3) is 0.391. The highest BCUT2D eigenvalue weighted by molar-refractivity contribution is 6.09. The van der Waals surface area contributed by atoms with Crippen LogP contribution in [-0.4, -0.2) is 38.1 Å². The van der Waals surface area contributed by atoms with Gasteiger partial charge in [-0.15, -0.1) is 0 Å². The van der Waals surface area contributed by atoms with Crippen molar-refractivity contribution < 1.29 is 14.3 Å². The monoisotopic (exact) mass is 380 g/mol. The molecule has 28 heavy (non-hydrogen) atoms. The molecule has 5 heteroatoms. The number of rotatable bonds is 7. The highest BCUT2D eigenvalue weighted by Crippen LogP contribution is 2.45. The van der Waals surface area contributed by atoms with E-state index in [2.05, 4.69) is 5.32 Å². The third-order valence-electron chi connectivity index (χ3n) is 5.57. The van der Waals surface area contributed by atoms with Crippen LogP contribution in [0.3, 0.4) is 0 Å². The quantitative estimate of drug-likeness (QED) is 0.803. The first-order chi connectivity index (χ1) is 13.3. The number of benzene rings is 2. The normalized spacial score (nSPS) is 18.9. The van der Waals surface area contributed by atoms with E-state index in [0.717, 1.165) is 16.8 Å². The Morgan fingerprint density at radius 3 is 2.43 bits per heavy atom. The van der Waals surface area contributed by atoms with Crippen molar-refractivity contribution in [1.29, 1.82) is 0 Å². The summed E-state index contributed by atoms with van der Waals surface area (Å²) < 4.78 is 5.38. The Balaban J connectivity index is 1.95. The molecule has 0 fully saturated rings. The second kappa shape index (κ2) is 7.76. The number of fused-ring (bicyclic) bond motifs is 1. The van der Waals surface area contributed by atoms with E-state index >= 15 is 0 Å². The van der Waals surface area contributed by atoms with E-state index in [0.29, 0.717) is 13.0 Å². The van der Waals surface area contributed by atoms with Gasteiger partial charge in [-0.1, -0.05) is 48.5 Å². The number of hydrogen-bond acceptors (Lipinski definition) is 3. The number of likely N-dealkylation sites (N-methyl/N-ethyl adjacent to an activating group) is 1. The van der Waals surface area contributed by atoms with Crippen LogP contribution in [0, 0.1) is 0 Å². The number of amides is 2. The van der Waals surface area contributed by atoms with E-state index in [4.69, 9.17) is 4.74 Å². The van der Waals surface area contributed by atoms with Crippen LogP contribution < -0.4 is 10.2 Å². The van der Waals surface area contributed by atoms with Gasteiger partial charge in [-0.3, -0.25) is 9.59 Å². The number of nitrogens with one attached hydrogen (secondary N) is 1. The molecule has 0 spiro atoms. The van der Waals surface area contributed by atoms with Crippen molar-refractivity contribution in [3.8, 4) is 0 Å². The molecule has 1 atom stereocenters. The Morgan fingerprint density at radius 2 is 1.75 bits per heavy atom. The second-order valence-corrected chi connectivity index (χ2v) is 8.04. The highest BCUT2D eigenvalue weighted by Gasteiger charge is 2.50. The van der Waals surface area contributed by atoms with Crippen LogP contribution in [0.15, 0.2) is 54.6 Å². The predicted octanol–water partition coefficient (Wildman–Crippen LogP) is 3.07. The molecule has 2 aromatic rings. The zero-order valence-corrected chi connectivity index (χ0v) is 17.0. The number of anilines is 1. The lowest BCUT2D eigenvalue weighted by Gasteiger charge is -2.29. The third-order valence-corrected chi connectivity index (χ3v) is 5.57. The minimum atomic E-state index is -0.909. The van der Waals surface area contributed by atoms with Crippen LogP contribution in [0.5, 0.6) is 0 Å². The van der Waals surface area contributed by atoms with E-state index < -0.39 is 11.0 Å². The summed E-state index contributed by atoms with van der Waals surface area (Å²) in [5.74, 6) is -0.196. The summed E-state index contributed by atoms with van der Waals surface area (Å²) in [6, 6.07) is 17.6. The fourth-order valence-electron chi connectivity index (χ4n) is 3.79. The second-order valence-electron chi connectivity index (χ2n) is 8.04. The predicted molar refractivity (Wildman–Crippen MR) is 110 cm³/mol. The minimum Gasteiger partial charge on any atom is -0.377 e. The molecule has 0 saturated carbocycles. The van der Waals surface area contributed by atoms with Crippen LogP contribution in [0.4, 0.5) is 5.69 Å². The number of nitrogens with zero attached hydrogens (tertiary/aromatic N) is 1. The number of para-hydroxylation sites is 1. The third kappa shape index (κ3) is 3.80. The molecule has 1 N–H and O–H groups in total. The molecule has 0 aliphatic carbocycles. The zero-order chi connectivity index (χ0) is 20.4. The van der Waals surface area contributed by atoms with Gasteiger partial charge in [0.25, 0.3) is 0 Å². The fourth-order valence-corrected chi connectivity index (χ4v) is 3.79. The Labute approximate surface area is 166 Å². The molecule has 0 bridgehead atoms. The smallest absolute Gasteiger partial charge is 0.238 e. The molecule has 0 aromatic heterocycles. The average molecular weight is 380 g/mol. The molecule has 0 radical (unpaired) electrons. The molecule has 0 saturated heterocycles. The molecule has 0 unspecified atom stereocenters. The number of carbonyl (C=O) groups excluding carboxylic acids is 2. The topological polar surface area (TPSA) is 58.6 Å². The van der Waals surface area contributed by atoms with Crippen LogP contribution in [-0.2, 0) is 26.2 Å². The van der Waals surface area contributed by atoms with Gasteiger partial charge in [-0.05, 0) is 37.5 Å². The number of hydrogen-bond donors (Lipinski definition) is 1. The summed E-state index contributed by atoms with van der Waals surface area (Å²) in [5, 5.41) is 2.94. The molecule has 1 aliphatic heterocycles. The van der Waals surface area contributed by atoms with Crippen molar-refractivity contribution in [3.05, 3.63) is 65.7 Å². The van der Waals surface area contributed by atoms with Crippen molar-refractivity contribution in [2.45, 2.75) is 37.7 Å². The van der Waals surface area contributed by atoms with Gasteiger partial charge in [0.2, 0.25) is 11.8 Å². The van der Waals surface area contributed by atoms with Gasteiger partial charge in [-0.25, -0.2) is 0 Å². The number of methoxy groups -OCH3 is 1. The summed E-state index contributed by atoms with van der Waals surface area (Å²) in [6.07, 6.45) is 0.580. The maximum absolute atomic E-state index is 13.4. The van der Waals surface area contributed by atoms with Gasteiger partial charge >= 0.3 is 0 Å². The summed E-state index contributed by atoms with van der Waals surface area (Å²) >= 11 is 0. The molecule has 2 aromatic carbocycles. The van der Waals surface area contributed by atoms with Crippen molar-refractivity contribution in [3.63, 3.8) is 0 Å². The Morgan fingerprint density at radius 1 is 1.11 bits per heavy atom. The maximum atomic E-state index is 13.4. The summed E-state index contributed by atoms with van der Waals surface area (Å²) in [4.78, 5) is 28.0. The minimum absolute atomic E-state index is 0.0429. The Hall–Kier alpha value is -2.66. The first-order valence-corrected chi connectivity index (χ1v) is 9.52. The van der Waals surface area contributed by atoms with E-state index in [1.807, 2.05) is 68.4 Å². The van der Waals surface area contributed by atoms with Gasteiger partial charge in [0.1, 0.15) is 0 Å². The van der Waals surface area contributed by atoms with Crippen molar-refractivity contribution in [2.75, 3.05) is 25.6 Å². The highest BCUT2D eigenvalue weighted by atomic mass is 16.5. The van der Waals surface area contributed by atoms with Gasteiger partial charge < -0.3 is 15.0 Å². The summed E-state index contributed by atoms with van der Waals surface area (Å²) in [7, 11) is 3.40.